The molecule has 0 bridgehead atoms. The Balaban J connectivity index is 1.32. The zero-order chi connectivity index (χ0) is 25.8. The number of fused-ring (bicyclic) bond motifs is 1. The van der Waals surface area contributed by atoms with E-state index in [1.807, 2.05) is 92.8 Å². The van der Waals surface area contributed by atoms with E-state index in [1.54, 1.807) is 17.6 Å². The molecule has 3 aromatic carbocycles. The number of nitrogens with zero attached hydrogens (tertiary/aromatic N) is 3. The molecule has 2 aromatic heterocycles. The Morgan fingerprint density at radius 2 is 1.84 bits per heavy atom. The molecule has 0 fully saturated rings. The van der Waals surface area contributed by atoms with Crippen LogP contribution in [0.1, 0.15) is 12.5 Å². The predicted molar refractivity (Wildman–Crippen MR) is 151 cm³/mol. The van der Waals surface area contributed by atoms with E-state index in [0.29, 0.717) is 23.0 Å². The largest absolute Gasteiger partial charge is 0.481 e. The number of anilines is 2. The fraction of sp³-hybridized carbons (Fsp3) is 0.107. The molecule has 1 unspecified atom stereocenters. The molecule has 0 aliphatic heterocycles. The normalized spacial score (nSPS) is 11.7. The minimum absolute atomic E-state index is 0.221. The third-order valence-electron chi connectivity index (χ3n) is 5.89. The number of carbonyl (C=O) groups excluding carboxylic acids is 1. The van der Waals surface area contributed by atoms with Crippen molar-refractivity contribution < 1.29 is 9.53 Å². The number of benzene rings is 3. The van der Waals surface area contributed by atoms with Crippen LogP contribution in [0.15, 0.2) is 91.1 Å². The maximum atomic E-state index is 12.7. The van der Waals surface area contributed by atoms with Gasteiger partial charge in [0.1, 0.15) is 19.4 Å². The molecule has 1 atom stereocenters. The Morgan fingerprint density at radius 3 is 2.65 bits per heavy atom. The second-order valence-corrected chi connectivity index (χ2v) is 9.09. The standard InChI is InChI=1S/C28H25BClN5O2/c1-18(37-21-10-3-2-4-11-21)28(36)33-20-9-7-8-19(14-20)16-31-26-15-25(22-12-5-6-13-24(22)30)34-27-23(29)17-32-35(26)27/h2-15,17-18,31H,16,29H2,1H3,(H,33,36). The van der Waals surface area contributed by atoms with Gasteiger partial charge < -0.3 is 15.4 Å². The van der Waals surface area contributed by atoms with Gasteiger partial charge in [-0.15, -0.1) is 0 Å². The second kappa shape index (κ2) is 10.8. The predicted octanol–water partition coefficient (Wildman–Crippen LogP) is 4.33. The summed E-state index contributed by atoms with van der Waals surface area (Å²) in [6.07, 6.45) is 1.15. The second-order valence-electron chi connectivity index (χ2n) is 8.69. The van der Waals surface area contributed by atoms with Gasteiger partial charge >= 0.3 is 0 Å². The highest BCUT2D eigenvalue weighted by Gasteiger charge is 2.16. The third-order valence-corrected chi connectivity index (χ3v) is 6.22. The molecule has 1 amide bonds. The van der Waals surface area contributed by atoms with Crippen molar-refractivity contribution in [1.82, 2.24) is 14.6 Å². The van der Waals surface area contributed by atoms with Gasteiger partial charge in [-0.2, -0.15) is 9.61 Å². The molecule has 2 heterocycles. The average molecular weight is 510 g/mol. The number of amides is 1. The summed E-state index contributed by atoms with van der Waals surface area (Å²) in [4.78, 5) is 17.5. The number of rotatable bonds is 8. The lowest BCUT2D eigenvalue weighted by atomic mass is 10.0. The molecule has 0 aliphatic carbocycles. The number of aromatic nitrogens is 3. The van der Waals surface area contributed by atoms with Gasteiger partial charge in [0.25, 0.3) is 5.91 Å². The molecule has 37 heavy (non-hydrogen) atoms. The summed E-state index contributed by atoms with van der Waals surface area (Å²) in [5, 5.41) is 11.5. The molecule has 0 saturated carbocycles. The number of halogens is 1. The van der Waals surface area contributed by atoms with Crippen molar-refractivity contribution in [1.29, 1.82) is 0 Å². The van der Waals surface area contributed by atoms with Crippen LogP contribution in [0, 0.1) is 0 Å². The van der Waals surface area contributed by atoms with E-state index >= 15 is 0 Å². The number of hydrogen-bond donors (Lipinski definition) is 2. The van der Waals surface area contributed by atoms with E-state index in [4.69, 9.17) is 21.3 Å². The first-order valence-corrected chi connectivity index (χ1v) is 12.3. The Hall–Kier alpha value is -4.30. The number of nitrogens with one attached hydrogen (secondary N) is 2. The van der Waals surface area contributed by atoms with Crippen molar-refractivity contribution >= 4 is 48.0 Å². The van der Waals surface area contributed by atoms with E-state index in [2.05, 4.69) is 15.7 Å². The highest BCUT2D eigenvalue weighted by atomic mass is 35.5. The Kier molecular flexibility index (Phi) is 7.10. The SMILES string of the molecule is Bc1cnn2c(NCc3cccc(NC(=O)C(C)Oc4ccccc4)c3)cc(-c3ccccc3Cl)nc12. The number of para-hydroxylation sites is 1. The number of hydrogen-bond acceptors (Lipinski definition) is 5. The van der Waals surface area contributed by atoms with Gasteiger partial charge in [0, 0.05) is 35.1 Å². The summed E-state index contributed by atoms with van der Waals surface area (Å²) in [6.45, 7) is 2.24. The van der Waals surface area contributed by atoms with Crippen LogP contribution < -0.4 is 20.8 Å². The van der Waals surface area contributed by atoms with Crippen molar-refractivity contribution in [2.24, 2.45) is 0 Å². The zero-order valence-electron chi connectivity index (χ0n) is 20.5. The molecule has 0 aliphatic rings. The lowest BCUT2D eigenvalue weighted by molar-refractivity contribution is -0.122. The Labute approximate surface area is 220 Å². The van der Waals surface area contributed by atoms with Crippen LogP contribution in [0.4, 0.5) is 11.5 Å². The minimum atomic E-state index is -0.638. The van der Waals surface area contributed by atoms with Gasteiger partial charge in [0.2, 0.25) is 0 Å². The van der Waals surface area contributed by atoms with Gasteiger partial charge in [-0.05, 0) is 48.3 Å². The first-order valence-electron chi connectivity index (χ1n) is 11.9. The Morgan fingerprint density at radius 1 is 1.05 bits per heavy atom. The molecular formula is C28H25BClN5O2. The summed E-state index contributed by atoms with van der Waals surface area (Å²) < 4.78 is 7.52. The topological polar surface area (TPSA) is 80.5 Å². The molecule has 0 saturated heterocycles. The van der Waals surface area contributed by atoms with Crippen LogP contribution in [0.3, 0.4) is 0 Å². The quantitative estimate of drug-likeness (QED) is 0.304. The number of ether oxygens (including phenoxy) is 1. The minimum Gasteiger partial charge on any atom is -0.481 e. The highest BCUT2D eigenvalue weighted by molar-refractivity contribution is 6.36. The van der Waals surface area contributed by atoms with Crippen LogP contribution in [-0.2, 0) is 11.3 Å². The molecule has 5 rings (SSSR count). The van der Waals surface area contributed by atoms with Crippen molar-refractivity contribution in [3.8, 4) is 17.0 Å². The third kappa shape index (κ3) is 5.60. The van der Waals surface area contributed by atoms with E-state index in [0.717, 1.165) is 33.7 Å². The van der Waals surface area contributed by atoms with Crippen LogP contribution in [0.5, 0.6) is 5.75 Å². The number of carbonyl (C=O) groups is 1. The smallest absolute Gasteiger partial charge is 0.265 e. The fourth-order valence-electron chi connectivity index (χ4n) is 3.96. The highest BCUT2D eigenvalue weighted by Crippen LogP contribution is 2.28. The summed E-state index contributed by atoms with van der Waals surface area (Å²) in [5.74, 6) is 1.21. The molecule has 2 N–H and O–H groups in total. The maximum absolute atomic E-state index is 12.7. The van der Waals surface area contributed by atoms with Crippen LogP contribution >= 0.6 is 11.6 Å². The van der Waals surface area contributed by atoms with E-state index < -0.39 is 6.10 Å². The van der Waals surface area contributed by atoms with Crippen molar-refractivity contribution in [2.45, 2.75) is 19.6 Å². The van der Waals surface area contributed by atoms with Gasteiger partial charge in [-0.1, -0.05) is 60.1 Å². The first-order chi connectivity index (χ1) is 18.0. The van der Waals surface area contributed by atoms with Crippen molar-refractivity contribution in [3.05, 3.63) is 102 Å². The van der Waals surface area contributed by atoms with E-state index in [9.17, 15) is 4.79 Å². The maximum Gasteiger partial charge on any atom is 0.265 e. The fourth-order valence-corrected chi connectivity index (χ4v) is 4.19. The lowest BCUT2D eigenvalue weighted by Gasteiger charge is -2.15. The van der Waals surface area contributed by atoms with Crippen molar-refractivity contribution in [2.75, 3.05) is 10.6 Å². The Bertz CT molecular complexity index is 1560. The summed E-state index contributed by atoms with van der Waals surface area (Å²) in [5.41, 5.74) is 5.02. The van der Waals surface area contributed by atoms with Crippen LogP contribution in [-0.4, -0.2) is 34.5 Å². The molecule has 7 nitrogen and oxygen atoms in total. The van der Waals surface area contributed by atoms with Gasteiger partial charge in [0.15, 0.2) is 11.8 Å². The molecule has 184 valence electrons. The summed E-state index contributed by atoms with van der Waals surface area (Å²) in [6, 6.07) is 26.6. The van der Waals surface area contributed by atoms with Crippen LogP contribution in [0.2, 0.25) is 5.02 Å². The van der Waals surface area contributed by atoms with Gasteiger partial charge in [0.05, 0.1) is 5.69 Å². The first kappa shape index (κ1) is 24.4. The molecule has 0 spiro atoms. The molecule has 9 heteroatoms. The monoisotopic (exact) mass is 509 g/mol. The van der Waals surface area contributed by atoms with E-state index in [1.165, 1.54) is 0 Å². The van der Waals surface area contributed by atoms with Gasteiger partial charge in [-0.25, -0.2) is 4.98 Å². The van der Waals surface area contributed by atoms with Crippen molar-refractivity contribution in [3.63, 3.8) is 0 Å². The van der Waals surface area contributed by atoms with E-state index in [-0.39, 0.29) is 5.91 Å². The summed E-state index contributed by atoms with van der Waals surface area (Å²) >= 11 is 6.45. The molecule has 0 radical (unpaired) electrons. The summed E-state index contributed by atoms with van der Waals surface area (Å²) in [7, 11) is 1.98. The van der Waals surface area contributed by atoms with Crippen LogP contribution in [0.25, 0.3) is 16.9 Å². The lowest BCUT2D eigenvalue weighted by Crippen LogP contribution is -2.30. The van der Waals surface area contributed by atoms with Gasteiger partial charge in [-0.3, -0.25) is 4.79 Å². The molecular weight excluding hydrogens is 485 g/mol. The molecule has 5 aromatic rings. The zero-order valence-corrected chi connectivity index (χ0v) is 21.2. The average Bonchev–Trinajstić information content (AvgIpc) is 3.29.